The van der Waals surface area contributed by atoms with Crippen LogP contribution < -0.4 is 10.6 Å². The van der Waals surface area contributed by atoms with E-state index in [1.54, 1.807) is 7.11 Å². The summed E-state index contributed by atoms with van der Waals surface area (Å²) in [4.78, 5) is 22.3. The molecule has 0 fully saturated rings. The highest BCUT2D eigenvalue weighted by atomic mass is 16.5. The van der Waals surface area contributed by atoms with E-state index in [0.29, 0.717) is 13.0 Å². The third-order valence-corrected chi connectivity index (χ3v) is 2.26. The van der Waals surface area contributed by atoms with E-state index in [-0.39, 0.29) is 12.0 Å². The highest BCUT2D eigenvalue weighted by Gasteiger charge is 2.20. The SMILES string of the molecule is COC(C)CNC(=O)NC(CC(C)C)C(=O)O. The molecule has 2 atom stereocenters. The molecule has 6 heteroatoms. The first kappa shape index (κ1) is 15.7. The number of carboxylic acid groups (broad SMARTS) is 1. The molecule has 0 aromatic rings. The first-order chi connectivity index (χ1) is 7.86. The number of nitrogens with one attached hydrogen (secondary N) is 2. The standard InChI is InChI=1S/C11H22N2O4/c1-7(2)5-9(10(14)15)13-11(16)12-6-8(3)17-4/h7-9H,5-6H2,1-4H3,(H,14,15)(H2,12,13,16). The summed E-state index contributed by atoms with van der Waals surface area (Å²) in [5.74, 6) is -0.817. The van der Waals surface area contributed by atoms with Gasteiger partial charge in [0.2, 0.25) is 0 Å². The Hall–Kier alpha value is -1.30. The summed E-state index contributed by atoms with van der Waals surface area (Å²) in [6.07, 6.45) is 0.303. The predicted octanol–water partition coefficient (Wildman–Crippen LogP) is 0.820. The Morgan fingerprint density at radius 3 is 2.29 bits per heavy atom. The van der Waals surface area contributed by atoms with Gasteiger partial charge in [-0.05, 0) is 19.3 Å². The fourth-order valence-electron chi connectivity index (χ4n) is 1.22. The number of rotatable bonds is 7. The zero-order valence-electron chi connectivity index (χ0n) is 10.8. The summed E-state index contributed by atoms with van der Waals surface area (Å²) < 4.78 is 4.96. The number of methoxy groups -OCH3 is 1. The number of carbonyl (C=O) groups excluding carboxylic acids is 1. The maximum absolute atomic E-state index is 11.4. The van der Waals surface area contributed by atoms with Gasteiger partial charge < -0.3 is 20.5 Å². The van der Waals surface area contributed by atoms with E-state index in [1.165, 1.54) is 0 Å². The molecule has 0 rings (SSSR count). The van der Waals surface area contributed by atoms with Gasteiger partial charge in [0.05, 0.1) is 6.10 Å². The highest BCUT2D eigenvalue weighted by Crippen LogP contribution is 2.04. The lowest BCUT2D eigenvalue weighted by Gasteiger charge is -2.17. The molecule has 0 saturated heterocycles. The topological polar surface area (TPSA) is 87.7 Å². The van der Waals surface area contributed by atoms with Crippen LogP contribution in [0, 0.1) is 5.92 Å². The van der Waals surface area contributed by atoms with E-state index < -0.39 is 18.0 Å². The van der Waals surface area contributed by atoms with E-state index in [9.17, 15) is 9.59 Å². The Morgan fingerprint density at radius 2 is 1.88 bits per heavy atom. The van der Waals surface area contributed by atoms with E-state index in [1.807, 2.05) is 20.8 Å². The molecule has 0 aliphatic carbocycles. The monoisotopic (exact) mass is 246 g/mol. The normalized spacial score (nSPS) is 14.2. The fourth-order valence-corrected chi connectivity index (χ4v) is 1.22. The van der Waals surface area contributed by atoms with Gasteiger partial charge in [0.15, 0.2) is 0 Å². The second-order valence-electron chi connectivity index (χ2n) is 4.42. The Kier molecular flexibility index (Phi) is 7.29. The number of carbonyl (C=O) groups is 2. The van der Waals surface area contributed by atoms with Crippen molar-refractivity contribution >= 4 is 12.0 Å². The number of urea groups is 1. The van der Waals surface area contributed by atoms with Gasteiger partial charge in [0.1, 0.15) is 6.04 Å². The third kappa shape index (κ3) is 7.57. The molecule has 0 aromatic carbocycles. The summed E-state index contributed by atoms with van der Waals surface area (Å²) >= 11 is 0. The van der Waals surface area contributed by atoms with Gasteiger partial charge in [-0.3, -0.25) is 0 Å². The van der Waals surface area contributed by atoms with Gasteiger partial charge >= 0.3 is 12.0 Å². The zero-order chi connectivity index (χ0) is 13.4. The first-order valence-electron chi connectivity index (χ1n) is 5.66. The Balaban J connectivity index is 4.08. The van der Waals surface area contributed by atoms with E-state index in [0.717, 1.165) is 0 Å². The molecule has 6 nitrogen and oxygen atoms in total. The third-order valence-electron chi connectivity index (χ3n) is 2.26. The van der Waals surface area contributed by atoms with Crippen LogP contribution in [0.5, 0.6) is 0 Å². The van der Waals surface area contributed by atoms with Gasteiger partial charge in [-0.25, -0.2) is 9.59 Å². The van der Waals surface area contributed by atoms with E-state index in [4.69, 9.17) is 9.84 Å². The van der Waals surface area contributed by atoms with Crippen LogP contribution in [0.1, 0.15) is 27.2 Å². The Bertz CT molecular complexity index is 256. The molecule has 3 N–H and O–H groups in total. The summed E-state index contributed by atoms with van der Waals surface area (Å²) in [5, 5.41) is 13.9. The Labute approximate surface area is 102 Å². The molecule has 0 spiro atoms. The van der Waals surface area contributed by atoms with Crippen LogP contribution >= 0.6 is 0 Å². The summed E-state index contributed by atoms with van der Waals surface area (Å²) in [5.41, 5.74) is 0. The number of hydrogen-bond acceptors (Lipinski definition) is 3. The first-order valence-corrected chi connectivity index (χ1v) is 5.66. The molecule has 0 aliphatic heterocycles. The molecule has 0 aromatic heterocycles. The van der Waals surface area contributed by atoms with E-state index >= 15 is 0 Å². The molecular formula is C11H22N2O4. The second kappa shape index (κ2) is 7.89. The average molecular weight is 246 g/mol. The van der Waals surface area contributed by atoms with Crippen molar-refractivity contribution in [3.05, 3.63) is 0 Å². The molecule has 2 unspecified atom stereocenters. The molecule has 0 bridgehead atoms. The van der Waals surface area contributed by atoms with Crippen LogP contribution in [0.3, 0.4) is 0 Å². The number of ether oxygens (including phenoxy) is 1. The highest BCUT2D eigenvalue weighted by molar-refractivity contribution is 5.82. The second-order valence-corrected chi connectivity index (χ2v) is 4.42. The smallest absolute Gasteiger partial charge is 0.326 e. The molecule has 2 amide bonds. The van der Waals surface area contributed by atoms with Crippen LogP contribution in [0.2, 0.25) is 0 Å². The van der Waals surface area contributed by atoms with Crippen LogP contribution in [0.25, 0.3) is 0 Å². The van der Waals surface area contributed by atoms with Crippen molar-refractivity contribution in [3.8, 4) is 0 Å². The van der Waals surface area contributed by atoms with Crippen molar-refractivity contribution < 1.29 is 19.4 Å². The maximum atomic E-state index is 11.4. The van der Waals surface area contributed by atoms with Crippen molar-refractivity contribution in [1.82, 2.24) is 10.6 Å². The molecule has 0 aliphatic rings. The lowest BCUT2D eigenvalue weighted by molar-refractivity contribution is -0.139. The van der Waals surface area contributed by atoms with Crippen LogP contribution in [-0.2, 0) is 9.53 Å². The average Bonchev–Trinajstić information content (AvgIpc) is 2.24. The van der Waals surface area contributed by atoms with Crippen molar-refractivity contribution in [2.75, 3.05) is 13.7 Å². The molecule has 100 valence electrons. The van der Waals surface area contributed by atoms with Crippen molar-refractivity contribution in [2.45, 2.75) is 39.3 Å². The van der Waals surface area contributed by atoms with Crippen LogP contribution in [0.4, 0.5) is 4.79 Å². The lowest BCUT2D eigenvalue weighted by atomic mass is 10.0. The quantitative estimate of drug-likeness (QED) is 0.620. The number of aliphatic carboxylic acids is 1. The van der Waals surface area contributed by atoms with Crippen molar-refractivity contribution in [1.29, 1.82) is 0 Å². The van der Waals surface area contributed by atoms with Crippen molar-refractivity contribution in [3.63, 3.8) is 0 Å². The molecule has 0 heterocycles. The lowest BCUT2D eigenvalue weighted by Crippen LogP contribution is -2.48. The van der Waals surface area contributed by atoms with Gasteiger partial charge in [-0.15, -0.1) is 0 Å². The predicted molar refractivity (Wildman–Crippen MR) is 63.9 cm³/mol. The summed E-state index contributed by atoms with van der Waals surface area (Å²) in [6, 6.07) is -1.34. The number of amides is 2. The fraction of sp³-hybridized carbons (Fsp3) is 0.818. The van der Waals surface area contributed by atoms with Crippen LogP contribution in [-0.4, -0.2) is 42.9 Å². The summed E-state index contributed by atoms with van der Waals surface area (Å²) in [7, 11) is 1.54. The minimum atomic E-state index is -1.02. The van der Waals surface area contributed by atoms with Gasteiger partial charge in [-0.2, -0.15) is 0 Å². The molecular weight excluding hydrogens is 224 g/mol. The molecule has 17 heavy (non-hydrogen) atoms. The summed E-state index contributed by atoms with van der Waals surface area (Å²) in [6.45, 7) is 5.96. The maximum Gasteiger partial charge on any atom is 0.326 e. The van der Waals surface area contributed by atoms with Gasteiger partial charge in [0.25, 0.3) is 0 Å². The van der Waals surface area contributed by atoms with Crippen LogP contribution in [0.15, 0.2) is 0 Å². The van der Waals surface area contributed by atoms with Crippen molar-refractivity contribution in [2.24, 2.45) is 5.92 Å². The van der Waals surface area contributed by atoms with E-state index in [2.05, 4.69) is 10.6 Å². The van der Waals surface area contributed by atoms with Gasteiger partial charge in [-0.1, -0.05) is 13.8 Å². The minimum absolute atomic E-state index is 0.103. The number of hydrogen-bond donors (Lipinski definition) is 3. The van der Waals surface area contributed by atoms with Gasteiger partial charge in [0, 0.05) is 13.7 Å². The molecule has 0 saturated carbocycles. The minimum Gasteiger partial charge on any atom is -0.480 e. The largest absolute Gasteiger partial charge is 0.480 e. The molecule has 0 radical (unpaired) electrons. The Morgan fingerprint density at radius 1 is 1.29 bits per heavy atom. The zero-order valence-corrected chi connectivity index (χ0v) is 10.8. The number of carboxylic acids is 1.